The van der Waals surface area contributed by atoms with Gasteiger partial charge < -0.3 is 15.0 Å². The molecule has 2 atom stereocenters. The lowest BCUT2D eigenvalue weighted by atomic mass is 10.2. The van der Waals surface area contributed by atoms with Gasteiger partial charge in [-0.3, -0.25) is 0 Å². The average molecular weight is 303 g/mol. The van der Waals surface area contributed by atoms with E-state index in [4.69, 9.17) is 27.9 Å². The lowest BCUT2D eigenvalue weighted by molar-refractivity contribution is -0.0530. The first kappa shape index (κ1) is 14.4. The number of nitrogens with one attached hydrogen (secondary N) is 1. The number of anilines is 1. The molecule has 1 aromatic rings. The summed E-state index contributed by atoms with van der Waals surface area (Å²) in [7, 11) is 0. The number of carbonyl (C=O) groups excluding carboxylic acids is 1. The zero-order valence-corrected chi connectivity index (χ0v) is 12.3. The third-order valence-corrected chi connectivity index (χ3v) is 3.43. The number of hydrogen-bond acceptors (Lipinski definition) is 2. The molecule has 1 aliphatic rings. The van der Waals surface area contributed by atoms with Crippen molar-refractivity contribution in [3.05, 3.63) is 28.2 Å². The third kappa shape index (κ3) is 3.75. The first-order chi connectivity index (χ1) is 8.95. The minimum atomic E-state index is -0.175. The van der Waals surface area contributed by atoms with Crippen LogP contribution in [0.2, 0.25) is 10.0 Å². The minimum Gasteiger partial charge on any atom is -0.372 e. The van der Waals surface area contributed by atoms with E-state index < -0.39 is 0 Å². The zero-order valence-electron chi connectivity index (χ0n) is 10.8. The molecular weight excluding hydrogens is 287 g/mol. The summed E-state index contributed by atoms with van der Waals surface area (Å²) in [6.07, 6.45) is 0.0744. The molecule has 0 spiro atoms. The van der Waals surface area contributed by atoms with E-state index in [9.17, 15) is 4.79 Å². The topological polar surface area (TPSA) is 41.6 Å². The zero-order chi connectivity index (χ0) is 14.0. The number of carbonyl (C=O) groups is 1. The molecule has 2 rings (SSSR count). The Kier molecular flexibility index (Phi) is 4.55. The predicted octanol–water partition coefficient (Wildman–Crippen LogP) is 3.63. The van der Waals surface area contributed by atoms with E-state index in [0.29, 0.717) is 28.8 Å². The molecule has 1 heterocycles. The Balaban J connectivity index is 2.04. The molecule has 19 heavy (non-hydrogen) atoms. The number of rotatable bonds is 1. The van der Waals surface area contributed by atoms with Gasteiger partial charge >= 0.3 is 6.03 Å². The predicted molar refractivity (Wildman–Crippen MR) is 77.1 cm³/mol. The van der Waals surface area contributed by atoms with Crippen molar-refractivity contribution in [2.45, 2.75) is 26.1 Å². The second-order valence-electron chi connectivity index (χ2n) is 4.72. The van der Waals surface area contributed by atoms with Gasteiger partial charge in [0.1, 0.15) is 0 Å². The highest BCUT2D eigenvalue weighted by molar-refractivity contribution is 6.36. The Bertz CT molecular complexity index is 472. The van der Waals surface area contributed by atoms with Crippen LogP contribution in [0, 0.1) is 0 Å². The molecular formula is C13H16Cl2N2O2. The fourth-order valence-electron chi connectivity index (χ4n) is 2.13. The third-order valence-electron chi connectivity index (χ3n) is 2.88. The van der Waals surface area contributed by atoms with Crippen LogP contribution in [0.1, 0.15) is 13.8 Å². The molecule has 1 fully saturated rings. The largest absolute Gasteiger partial charge is 0.372 e. The molecule has 1 aliphatic heterocycles. The Morgan fingerprint density at radius 1 is 1.32 bits per heavy atom. The Hall–Kier alpha value is -0.970. The summed E-state index contributed by atoms with van der Waals surface area (Å²) in [5.74, 6) is 0. The van der Waals surface area contributed by atoms with E-state index in [0.717, 1.165) is 0 Å². The van der Waals surface area contributed by atoms with E-state index in [1.807, 2.05) is 13.8 Å². The summed E-state index contributed by atoms with van der Waals surface area (Å²) >= 11 is 11.8. The molecule has 2 amide bonds. The summed E-state index contributed by atoms with van der Waals surface area (Å²) in [6.45, 7) is 5.04. The number of amides is 2. The fraction of sp³-hybridized carbons (Fsp3) is 0.462. The summed E-state index contributed by atoms with van der Waals surface area (Å²) < 4.78 is 5.59. The van der Waals surface area contributed by atoms with Crippen LogP contribution in [0.3, 0.4) is 0 Å². The summed E-state index contributed by atoms with van der Waals surface area (Å²) in [5, 5.41) is 3.75. The first-order valence-electron chi connectivity index (χ1n) is 6.12. The number of urea groups is 1. The van der Waals surface area contributed by atoms with Crippen LogP contribution in [0.15, 0.2) is 18.2 Å². The van der Waals surface area contributed by atoms with Crippen LogP contribution in [0.4, 0.5) is 10.5 Å². The average Bonchev–Trinajstić information content (AvgIpc) is 2.31. The number of hydrogen-bond donors (Lipinski definition) is 1. The number of ether oxygens (including phenoxy) is 1. The molecule has 1 aromatic carbocycles. The fourth-order valence-corrected chi connectivity index (χ4v) is 2.58. The summed E-state index contributed by atoms with van der Waals surface area (Å²) in [4.78, 5) is 13.9. The number of halogens is 2. The van der Waals surface area contributed by atoms with Gasteiger partial charge in [0.05, 0.1) is 22.9 Å². The van der Waals surface area contributed by atoms with Crippen molar-refractivity contribution in [3.63, 3.8) is 0 Å². The van der Waals surface area contributed by atoms with E-state index in [-0.39, 0.29) is 18.2 Å². The van der Waals surface area contributed by atoms with Crippen LogP contribution < -0.4 is 5.32 Å². The molecule has 6 heteroatoms. The Morgan fingerprint density at radius 3 is 2.53 bits per heavy atom. The number of morpholine rings is 1. The molecule has 0 bridgehead atoms. The number of nitrogens with zero attached hydrogens (tertiary/aromatic N) is 1. The van der Waals surface area contributed by atoms with Crippen molar-refractivity contribution in [2.24, 2.45) is 0 Å². The van der Waals surface area contributed by atoms with Crippen LogP contribution in [-0.2, 0) is 4.74 Å². The first-order valence-corrected chi connectivity index (χ1v) is 6.87. The van der Waals surface area contributed by atoms with Crippen molar-refractivity contribution in [3.8, 4) is 0 Å². The van der Waals surface area contributed by atoms with Crippen LogP contribution in [0.5, 0.6) is 0 Å². The Labute approximate surface area is 122 Å². The summed E-state index contributed by atoms with van der Waals surface area (Å²) in [5.41, 5.74) is 0.558. The van der Waals surface area contributed by atoms with Gasteiger partial charge in [-0.15, -0.1) is 0 Å². The minimum absolute atomic E-state index is 0.0372. The molecule has 1 N–H and O–H groups in total. The van der Waals surface area contributed by atoms with E-state index >= 15 is 0 Å². The van der Waals surface area contributed by atoms with Crippen LogP contribution in [0.25, 0.3) is 0 Å². The smallest absolute Gasteiger partial charge is 0.322 e. The van der Waals surface area contributed by atoms with Gasteiger partial charge in [-0.25, -0.2) is 4.79 Å². The lowest BCUT2D eigenvalue weighted by Gasteiger charge is -2.35. The standard InChI is InChI=1S/C13H16Cl2N2O2/c1-8-6-17(7-9(2)19-8)13(18)16-12-4-3-10(14)5-11(12)15/h3-5,8-9H,6-7H2,1-2H3,(H,16,18). The van der Waals surface area contributed by atoms with Gasteiger partial charge in [0.2, 0.25) is 0 Å². The molecule has 0 aliphatic carbocycles. The quantitative estimate of drug-likeness (QED) is 0.860. The van der Waals surface area contributed by atoms with Crippen molar-refractivity contribution in [1.82, 2.24) is 4.90 Å². The van der Waals surface area contributed by atoms with Gasteiger partial charge in [-0.1, -0.05) is 23.2 Å². The highest BCUT2D eigenvalue weighted by Crippen LogP contribution is 2.25. The van der Waals surface area contributed by atoms with Gasteiger partial charge in [-0.05, 0) is 32.0 Å². The van der Waals surface area contributed by atoms with E-state index in [1.165, 1.54) is 0 Å². The monoisotopic (exact) mass is 302 g/mol. The number of benzene rings is 1. The normalized spacial score (nSPS) is 23.3. The Morgan fingerprint density at radius 2 is 1.95 bits per heavy atom. The van der Waals surface area contributed by atoms with E-state index in [1.54, 1.807) is 23.1 Å². The second-order valence-corrected chi connectivity index (χ2v) is 5.56. The highest BCUT2D eigenvalue weighted by atomic mass is 35.5. The maximum Gasteiger partial charge on any atom is 0.322 e. The molecule has 0 aromatic heterocycles. The summed E-state index contributed by atoms with van der Waals surface area (Å²) in [6, 6.07) is 4.80. The maximum absolute atomic E-state index is 12.2. The molecule has 4 nitrogen and oxygen atoms in total. The highest BCUT2D eigenvalue weighted by Gasteiger charge is 2.26. The van der Waals surface area contributed by atoms with Crippen molar-refractivity contribution < 1.29 is 9.53 Å². The lowest BCUT2D eigenvalue weighted by Crippen LogP contribution is -2.49. The molecule has 0 saturated carbocycles. The van der Waals surface area contributed by atoms with Crippen LogP contribution in [-0.4, -0.2) is 36.2 Å². The molecule has 104 valence electrons. The molecule has 1 saturated heterocycles. The van der Waals surface area contributed by atoms with Crippen LogP contribution >= 0.6 is 23.2 Å². The van der Waals surface area contributed by atoms with Crippen molar-refractivity contribution in [1.29, 1.82) is 0 Å². The van der Waals surface area contributed by atoms with Gasteiger partial charge in [0.25, 0.3) is 0 Å². The van der Waals surface area contributed by atoms with Crippen molar-refractivity contribution >= 4 is 34.9 Å². The van der Waals surface area contributed by atoms with E-state index in [2.05, 4.69) is 5.32 Å². The molecule has 0 radical (unpaired) electrons. The SMILES string of the molecule is CC1CN(C(=O)Nc2ccc(Cl)cc2Cl)CC(C)O1. The van der Waals surface area contributed by atoms with Gasteiger partial charge in [0.15, 0.2) is 0 Å². The second kappa shape index (κ2) is 5.99. The maximum atomic E-state index is 12.2. The van der Waals surface area contributed by atoms with Gasteiger partial charge in [-0.2, -0.15) is 0 Å². The van der Waals surface area contributed by atoms with Crippen molar-refractivity contribution in [2.75, 3.05) is 18.4 Å². The molecule has 2 unspecified atom stereocenters. The van der Waals surface area contributed by atoms with Gasteiger partial charge in [0, 0.05) is 18.1 Å².